The summed E-state index contributed by atoms with van der Waals surface area (Å²) in [7, 11) is 0. The van der Waals surface area contributed by atoms with Crippen LogP contribution in [0.2, 0.25) is 0 Å². The van der Waals surface area contributed by atoms with Gasteiger partial charge < -0.3 is 9.64 Å². The summed E-state index contributed by atoms with van der Waals surface area (Å²) in [4.78, 5) is 26.1. The number of amides is 2. The molecule has 1 heterocycles. The van der Waals surface area contributed by atoms with Crippen molar-refractivity contribution in [3.05, 3.63) is 29.8 Å². The number of nitrogens with one attached hydrogen (secondary N) is 1. The van der Waals surface area contributed by atoms with E-state index in [2.05, 4.69) is 5.32 Å². The number of ether oxygens (including phenoxy) is 1. The number of carbonyl (C=O) groups is 2. The quantitative estimate of drug-likeness (QED) is 0.907. The zero-order chi connectivity index (χ0) is 16.2. The fourth-order valence-electron chi connectivity index (χ4n) is 2.43. The van der Waals surface area contributed by atoms with Gasteiger partial charge in [-0.15, -0.1) is 0 Å². The van der Waals surface area contributed by atoms with E-state index in [1.54, 1.807) is 24.3 Å². The number of hydrogen-bond donors (Lipinski definition) is 1. The van der Waals surface area contributed by atoms with Crippen molar-refractivity contribution in [1.82, 2.24) is 4.90 Å². The van der Waals surface area contributed by atoms with E-state index in [9.17, 15) is 9.59 Å². The van der Waals surface area contributed by atoms with Crippen molar-refractivity contribution < 1.29 is 14.3 Å². The molecule has 0 radical (unpaired) electrons. The standard InChI is InChI=1S/C17H24N2O3/c1-17(2,3)22-16(21)18-14-9-7-8-13(12-14)15(20)19-10-5-4-6-11-19/h7-9,12H,4-6,10-11H2,1-3H3,(H,18,21). The van der Waals surface area contributed by atoms with Crippen LogP contribution < -0.4 is 5.32 Å². The number of benzene rings is 1. The molecule has 0 unspecified atom stereocenters. The summed E-state index contributed by atoms with van der Waals surface area (Å²) in [6.45, 7) is 7.04. The minimum atomic E-state index is -0.550. The number of piperidine rings is 1. The molecule has 0 saturated carbocycles. The van der Waals surface area contributed by atoms with Crippen molar-refractivity contribution in [2.24, 2.45) is 0 Å². The van der Waals surface area contributed by atoms with Gasteiger partial charge in [-0.25, -0.2) is 4.79 Å². The predicted octanol–water partition coefficient (Wildman–Crippen LogP) is 3.66. The van der Waals surface area contributed by atoms with Gasteiger partial charge in [-0.2, -0.15) is 0 Å². The van der Waals surface area contributed by atoms with Crippen molar-refractivity contribution in [3.63, 3.8) is 0 Å². The Morgan fingerprint density at radius 3 is 2.45 bits per heavy atom. The Bertz CT molecular complexity index is 543. The van der Waals surface area contributed by atoms with Crippen LogP contribution in [0.25, 0.3) is 0 Å². The first kappa shape index (κ1) is 16.3. The van der Waals surface area contributed by atoms with Crippen LogP contribution in [0.5, 0.6) is 0 Å². The highest BCUT2D eigenvalue weighted by Crippen LogP contribution is 2.17. The first-order valence-corrected chi connectivity index (χ1v) is 7.74. The SMILES string of the molecule is CC(C)(C)OC(=O)Nc1cccc(C(=O)N2CCCCC2)c1. The number of nitrogens with zero attached hydrogens (tertiary/aromatic N) is 1. The maximum atomic E-state index is 12.4. The predicted molar refractivity (Wildman–Crippen MR) is 86.1 cm³/mol. The third-order valence-electron chi connectivity index (χ3n) is 3.40. The molecule has 2 amide bonds. The van der Waals surface area contributed by atoms with Gasteiger partial charge in [0.2, 0.25) is 0 Å². The summed E-state index contributed by atoms with van der Waals surface area (Å²) in [5.41, 5.74) is 0.610. The topological polar surface area (TPSA) is 58.6 Å². The van der Waals surface area contributed by atoms with Crippen molar-refractivity contribution >= 4 is 17.7 Å². The molecule has 1 aromatic rings. The van der Waals surface area contributed by atoms with Crippen molar-refractivity contribution in [1.29, 1.82) is 0 Å². The Kier molecular flexibility index (Phi) is 5.06. The lowest BCUT2D eigenvalue weighted by molar-refractivity contribution is 0.0634. The van der Waals surface area contributed by atoms with E-state index in [0.717, 1.165) is 25.9 Å². The fraction of sp³-hybridized carbons (Fsp3) is 0.529. The maximum Gasteiger partial charge on any atom is 0.412 e. The molecule has 0 aromatic heterocycles. The van der Waals surface area contributed by atoms with Gasteiger partial charge in [-0.05, 0) is 58.2 Å². The van der Waals surface area contributed by atoms with Gasteiger partial charge in [-0.1, -0.05) is 6.07 Å². The van der Waals surface area contributed by atoms with Crippen molar-refractivity contribution in [2.75, 3.05) is 18.4 Å². The van der Waals surface area contributed by atoms with Gasteiger partial charge in [0.15, 0.2) is 0 Å². The maximum absolute atomic E-state index is 12.4. The van der Waals surface area contributed by atoms with Gasteiger partial charge in [0.25, 0.3) is 5.91 Å². The Morgan fingerprint density at radius 2 is 1.82 bits per heavy atom. The van der Waals surface area contributed by atoms with Crippen LogP contribution in [0.15, 0.2) is 24.3 Å². The lowest BCUT2D eigenvalue weighted by Gasteiger charge is -2.26. The summed E-state index contributed by atoms with van der Waals surface area (Å²) in [6, 6.07) is 6.98. The van der Waals surface area contributed by atoms with E-state index in [0.29, 0.717) is 11.3 Å². The molecule has 1 fully saturated rings. The monoisotopic (exact) mass is 304 g/mol. The van der Waals surface area contributed by atoms with Crippen LogP contribution in [0.3, 0.4) is 0 Å². The molecule has 1 N–H and O–H groups in total. The van der Waals surface area contributed by atoms with E-state index >= 15 is 0 Å². The minimum Gasteiger partial charge on any atom is -0.444 e. The summed E-state index contributed by atoms with van der Waals surface area (Å²) in [5.74, 6) is 0.0209. The third-order valence-corrected chi connectivity index (χ3v) is 3.40. The molecule has 0 atom stereocenters. The lowest BCUT2D eigenvalue weighted by Crippen LogP contribution is -2.35. The van der Waals surface area contributed by atoms with Gasteiger partial charge in [0.05, 0.1) is 0 Å². The minimum absolute atomic E-state index is 0.0209. The molecule has 5 nitrogen and oxygen atoms in total. The normalized spacial score (nSPS) is 15.3. The number of anilines is 1. The van der Waals surface area contributed by atoms with Crippen LogP contribution in [0.1, 0.15) is 50.4 Å². The number of carbonyl (C=O) groups excluding carboxylic acids is 2. The number of likely N-dealkylation sites (tertiary alicyclic amines) is 1. The van der Waals surface area contributed by atoms with E-state index < -0.39 is 11.7 Å². The molecule has 1 saturated heterocycles. The van der Waals surface area contributed by atoms with E-state index in [1.165, 1.54) is 6.42 Å². The average Bonchev–Trinajstić information content (AvgIpc) is 2.45. The van der Waals surface area contributed by atoms with Crippen molar-refractivity contribution in [2.45, 2.75) is 45.6 Å². The van der Waals surface area contributed by atoms with E-state index in [1.807, 2.05) is 25.7 Å². The van der Waals surface area contributed by atoms with E-state index in [4.69, 9.17) is 4.74 Å². The Hall–Kier alpha value is -2.04. The molecule has 1 aliphatic heterocycles. The smallest absolute Gasteiger partial charge is 0.412 e. The second kappa shape index (κ2) is 6.81. The van der Waals surface area contributed by atoms with E-state index in [-0.39, 0.29) is 5.91 Å². The first-order chi connectivity index (χ1) is 10.3. The molecule has 22 heavy (non-hydrogen) atoms. The van der Waals surface area contributed by atoms with Crippen LogP contribution in [0, 0.1) is 0 Å². The molecular formula is C17H24N2O3. The Labute approximate surface area is 131 Å². The van der Waals surface area contributed by atoms with Crippen LogP contribution in [-0.4, -0.2) is 35.6 Å². The van der Waals surface area contributed by atoms with Crippen molar-refractivity contribution in [3.8, 4) is 0 Å². The Balaban J connectivity index is 2.03. The fourth-order valence-corrected chi connectivity index (χ4v) is 2.43. The number of rotatable bonds is 2. The van der Waals surface area contributed by atoms with Crippen LogP contribution in [-0.2, 0) is 4.74 Å². The molecule has 0 aliphatic carbocycles. The second-order valence-electron chi connectivity index (χ2n) is 6.56. The molecular weight excluding hydrogens is 280 g/mol. The zero-order valence-electron chi connectivity index (χ0n) is 13.5. The highest BCUT2D eigenvalue weighted by atomic mass is 16.6. The van der Waals surface area contributed by atoms with Crippen LogP contribution in [0.4, 0.5) is 10.5 Å². The third kappa shape index (κ3) is 4.76. The van der Waals surface area contributed by atoms with Gasteiger partial charge >= 0.3 is 6.09 Å². The van der Waals surface area contributed by atoms with Gasteiger partial charge in [0.1, 0.15) is 5.60 Å². The second-order valence-corrected chi connectivity index (χ2v) is 6.56. The van der Waals surface area contributed by atoms with Gasteiger partial charge in [-0.3, -0.25) is 10.1 Å². The molecule has 5 heteroatoms. The highest BCUT2D eigenvalue weighted by Gasteiger charge is 2.19. The lowest BCUT2D eigenvalue weighted by atomic mass is 10.1. The molecule has 0 bridgehead atoms. The largest absolute Gasteiger partial charge is 0.444 e. The molecule has 0 spiro atoms. The first-order valence-electron chi connectivity index (χ1n) is 7.74. The Morgan fingerprint density at radius 1 is 1.14 bits per heavy atom. The van der Waals surface area contributed by atoms with Crippen LogP contribution >= 0.6 is 0 Å². The summed E-state index contributed by atoms with van der Waals surface area (Å²) in [6.07, 6.45) is 2.78. The molecule has 1 aromatic carbocycles. The zero-order valence-corrected chi connectivity index (χ0v) is 13.5. The average molecular weight is 304 g/mol. The molecule has 120 valence electrons. The summed E-state index contributed by atoms with van der Waals surface area (Å²) < 4.78 is 5.21. The molecule has 2 rings (SSSR count). The summed E-state index contributed by atoms with van der Waals surface area (Å²) in [5, 5.41) is 2.66. The highest BCUT2D eigenvalue weighted by molar-refractivity contribution is 5.96. The molecule has 1 aliphatic rings. The summed E-state index contributed by atoms with van der Waals surface area (Å²) >= 11 is 0. The number of hydrogen-bond acceptors (Lipinski definition) is 3. The van der Waals surface area contributed by atoms with Gasteiger partial charge in [0, 0.05) is 24.3 Å².